The van der Waals surface area contributed by atoms with Gasteiger partial charge in [0.25, 0.3) is 5.91 Å². The van der Waals surface area contributed by atoms with Crippen LogP contribution in [-0.2, 0) is 13.1 Å². The molecule has 0 unspecified atom stereocenters. The smallest absolute Gasteiger partial charge is 0.270 e. The van der Waals surface area contributed by atoms with Crippen molar-refractivity contribution < 1.29 is 4.79 Å². The molecule has 6 heteroatoms. The van der Waals surface area contributed by atoms with E-state index in [0.29, 0.717) is 18.8 Å². The van der Waals surface area contributed by atoms with Crippen LogP contribution in [0.5, 0.6) is 0 Å². The van der Waals surface area contributed by atoms with Gasteiger partial charge in [-0.1, -0.05) is 6.07 Å². The Labute approximate surface area is 140 Å². The summed E-state index contributed by atoms with van der Waals surface area (Å²) < 4.78 is 0. The Morgan fingerprint density at radius 3 is 2.50 bits per heavy atom. The maximum atomic E-state index is 12.1. The molecule has 3 heterocycles. The lowest BCUT2D eigenvalue weighted by Crippen LogP contribution is -2.23. The molecule has 0 atom stereocenters. The number of carbonyl (C=O) groups excluding carboxylic acids is 1. The van der Waals surface area contributed by atoms with E-state index in [-0.39, 0.29) is 5.91 Å². The van der Waals surface area contributed by atoms with Crippen LogP contribution < -0.4 is 10.6 Å². The summed E-state index contributed by atoms with van der Waals surface area (Å²) in [4.78, 5) is 24.5. The van der Waals surface area contributed by atoms with Crippen LogP contribution in [0.15, 0.2) is 67.3 Å². The highest BCUT2D eigenvalue weighted by atomic mass is 16.1. The van der Waals surface area contributed by atoms with Gasteiger partial charge in [0.05, 0.1) is 24.1 Å². The van der Waals surface area contributed by atoms with Crippen molar-refractivity contribution in [3.63, 3.8) is 0 Å². The number of nitrogens with one attached hydrogen (secondary N) is 2. The number of nitrogens with zero attached hydrogens (tertiary/aromatic N) is 3. The largest absolute Gasteiger partial charge is 0.378 e. The zero-order valence-corrected chi connectivity index (χ0v) is 13.0. The van der Waals surface area contributed by atoms with Gasteiger partial charge >= 0.3 is 0 Å². The van der Waals surface area contributed by atoms with Gasteiger partial charge in [-0.3, -0.25) is 14.8 Å². The zero-order valence-electron chi connectivity index (χ0n) is 13.0. The third-order valence-electron chi connectivity index (χ3n) is 3.40. The van der Waals surface area contributed by atoms with Crippen LogP contribution in [0.25, 0.3) is 0 Å². The monoisotopic (exact) mass is 319 g/mol. The van der Waals surface area contributed by atoms with E-state index in [9.17, 15) is 4.79 Å². The van der Waals surface area contributed by atoms with Crippen molar-refractivity contribution in [3.8, 4) is 0 Å². The van der Waals surface area contributed by atoms with Gasteiger partial charge in [-0.15, -0.1) is 0 Å². The highest BCUT2D eigenvalue weighted by Crippen LogP contribution is 2.08. The number of pyridine rings is 3. The van der Waals surface area contributed by atoms with Crippen LogP contribution in [0, 0.1) is 0 Å². The van der Waals surface area contributed by atoms with Crippen molar-refractivity contribution in [2.24, 2.45) is 0 Å². The van der Waals surface area contributed by atoms with Gasteiger partial charge in [0.15, 0.2) is 0 Å². The topological polar surface area (TPSA) is 79.8 Å². The molecule has 3 rings (SSSR count). The molecular weight excluding hydrogens is 302 g/mol. The SMILES string of the molecule is O=C(NCc1ccncc1)c1ccc(NCc2ccccn2)cn1. The van der Waals surface area contributed by atoms with Crippen LogP contribution in [0.3, 0.4) is 0 Å². The third kappa shape index (κ3) is 4.36. The van der Waals surface area contributed by atoms with Crippen molar-refractivity contribution in [1.82, 2.24) is 20.3 Å². The van der Waals surface area contributed by atoms with Crippen LogP contribution in [-0.4, -0.2) is 20.9 Å². The first kappa shape index (κ1) is 15.6. The molecule has 3 aromatic rings. The highest BCUT2D eigenvalue weighted by molar-refractivity contribution is 5.92. The second kappa shape index (κ2) is 7.82. The lowest BCUT2D eigenvalue weighted by atomic mass is 10.2. The minimum Gasteiger partial charge on any atom is -0.378 e. The fourth-order valence-electron chi connectivity index (χ4n) is 2.10. The van der Waals surface area contributed by atoms with Gasteiger partial charge in [0.2, 0.25) is 0 Å². The van der Waals surface area contributed by atoms with Gasteiger partial charge in [-0.25, -0.2) is 4.98 Å². The molecule has 0 aliphatic carbocycles. The van der Waals surface area contributed by atoms with E-state index in [1.807, 2.05) is 36.4 Å². The average molecular weight is 319 g/mol. The van der Waals surface area contributed by atoms with Crippen molar-refractivity contribution in [1.29, 1.82) is 0 Å². The number of amides is 1. The number of hydrogen-bond acceptors (Lipinski definition) is 5. The normalized spacial score (nSPS) is 10.2. The molecule has 2 N–H and O–H groups in total. The molecule has 0 bridgehead atoms. The molecule has 0 aromatic carbocycles. The standard InChI is InChI=1S/C18H17N5O/c24-18(23-11-14-6-9-19-10-7-14)17-5-4-16(13-22-17)21-12-15-3-1-2-8-20-15/h1-10,13,21H,11-12H2,(H,23,24). The molecule has 0 aliphatic heterocycles. The van der Waals surface area contributed by atoms with Gasteiger partial charge in [-0.2, -0.15) is 0 Å². The first-order valence-corrected chi connectivity index (χ1v) is 7.58. The second-order valence-electron chi connectivity index (χ2n) is 5.14. The molecule has 0 saturated heterocycles. The number of rotatable bonds is 6. The summed E-state index contributed by atoms with van der Waals surface area (Å²) >= 11 is 0. The fourth-order valence-corrected chi connectivity index (χ4v) is 2.10. The van der Waals surface area contributed by atoms with Crippen LogP contribution in [0.1, 0.15) is 21.7 Å². The Kier molecular flexibility index (Phi) is 5.09. The Hall–Kier alpha value is -3.28. The van der Waals surface area contributed by atoms with E-state index >= 15 is 0 Å². The van der Waals surface area contributed by atoms with Crippen LogP contribution >= 0.6 is 0 Å². The predicted octanol–water partition coefficient (Wildman–Crippen LogP) is 2.41. The lowest BCUT2D eigenvalue weighted by Gasteiger charge is -2.07. The summed E-state index contributed by atoms with van der Waals surface area (Å²) in [6.07, 6.45) is 6.79. The Balaban J connectivity index is 1.53. The molecule has 120 valence electrons. The molecule has 24 heavy (non-hydrogen) atoms. The molecule has 0 aliphatic rings. The van der Waals surface area contributed by atoms with Gasteiger partial charge in [-0.05, 0) is 42.0 Å². The van der Waals surface area contributed by atoms with E-state index < -0.39 is 0 Å². The summed E-state index contributed by atoms with van der Waals surface area (Å²) in [7, 11) is 0. The summed E-state index contributed by atoms with van der Waals surface area (Å²) in [5, 5.41) is 6.05. The van der Waals surface area contributed by atoms with Crippen LogP contribution in [0.4, 0.5) is 5.69 Å². The molecule has 0 radical (unpaired) electrons. The second-order valence-corrected chi connectivity index (χ2v) is 5.14. The van der Waals surface area contributed by atoms with E-state index in [0.717, 1.165) is 16.9 Å². The van der Waals surface area contributed by atoms with Crippen molar-refractivity contribution in [3.05, 3.63) is 84.2 Å². The predicted molar refractivity (Wildman–Crippen MR) is 91.2 cm³/mol. The van der Waals surface area contributed by atoms with E-state index in [1.165, 1.54) is 0 Å². The summed E-state index contributed by atoms with van der Waals surface area (Å²) in [5.41, 5.74) is 3.16. The van der Waals surface area contributed by atoms with Crippen molar-refractivity contribution in [2.45, 2.75) is 13.1 Å². The summed E-state index contributed by atoms with van der Waals surface area (Å²) in [6.45, 7) is 1.05. The number of carbonyl (C=O) groups is 1. The van der Waals surface area contributed by atoms with E-state index in [2.05, 4.69) is 25.6 Å². The number of hydrogen-bond donors (Lipinski definition) is 2. The lowest BCUT2D eigenvalue weighted by molar-refractivity contribution is 0.0946. The Morgan fingerprint density at radius 2 is 1.79 bits per heavy atom. The fraction of sp³-hybridized carbons (Fsp3) is 0.111. The third-order valence-corrected chi connectivity index (χ3v) is 3.40. The Bertz CT molecular complexity index is 776. The first-order chi connectivity index (χ1) is 11.8. The zero-order chi connectivity index (χ0) is 16.6. The van der Waals surface area contributed by atoms with Gasteiger partial charge in [0, 0.05) is 25.1 Å². The molecule has 6 nitrogen and oxygen atoms in total. The van der Waals surface area contributed by atoms with Crippen LogP contribution in [0.2, 0.25) is 0 Å². The number of aromatic nitrogens is 3. The summed E-state index contributed by atoms with van der Waals surface area (Å²) in [6, 6.07) is 13.0. The first-order valence-electron chi connectivity index (χ1n) is 7.58. The maximum absolute atomic E-state index is 12.1. The molecule has 3 aromatic heterocycles. The van der Waals surface area contributed by atoms with Crippen molar-refractivity contribution >= 4 is 11.6 Å². The maximum Gasteiger partial charge on any atom is 0.270 e. The number of anilines is 1. The quantitative estimate of drug-likeness (QED) is 0.729. The van der Waals surface area contributed by atoms with Gasteiger partial charge < -0.3 is 10.6 Å². The highest BCUT2D eigenvalue weighted by Gasteiger charge is 2.06. The minimum atomic E-state index is -0.205. The minimum absolute atomic E-state index is 0.205. The average Bonchev–Trinajstić information content (AvgIpc) is 2.66. The van der Waals surface area contributed by atoms with E-state index in [1.54, 1.807) is 30.9 Å². The molecular formula is C18H17N5O. The molecule has 0 saturated carbocycles. The molecule has 1 amide bonds. The van der Waals surface area contributed by atoms with Gasteiger partial charge in [0.1, 0.15) is 5.69 Å². The van der Waals surface area contributed by atoms with E-state index in [4.69, 9.17) is 0 Å². The van der Waals surface area contributed by atoms with Crippen molar-refractivity contribution in [2.75, 3.05) is 5.32 Å². The Morgan fingerprint density at radius 1 is 0.917 bits per heavy atom. The molecule has 0 fully saturated rings. The summed E-state index contributed by atoms with van der Waals surface area (Å²) in [5.74, 6) is -0.205. The molecule has 0 spiro atoms.